The number of hydrogen-bond donors (Lipinski definition) is 2. The van der Waals surface area contributed by atoms with Crippen molar-refractivity contribution in [1.29, 1.82) is 0 Å². The van der Waals surface area contributed by atoms with E-state index < -0.39 is 5.92 Å². The molecule has 0 aliphatic carbocycles. The maximum Gasteiger partial charge on any atom is 0.228 e. The van der Waals surface area contributed by atoms with Gasteiger partial charge in [0.2, 0.25) is 11.8 Å². The van der Waals surface area contributed by atoms with E-state index in [1.165, 1.54) is 5.56 Å². The van der Waals surface area contributed by atoms with E-state index in [1.807, 2.05) is 24.3 Å². The van der Waals surface area contributed by atoms with Crippen LogP contribution in [0.25, 0.3) is 0 Å². The first-order chi connectivity index (χ1) is 13.0. The summed E-state index contributed by atoms with van der Waals surface area (Å²) in [5.41, 5.74) is 4.04. The largest absolute Gasteiger partial charge is 0.348 e. The van der Waals surface area contributed by atoms with E-state index in [0.29, 0.717) is 0 Å². The molecule has 4 heteroatoms. The van der Waals surface area contributed by atoms with E-state index in [4.69, 9.17) is 0 Å². The Morgan fingerprint density at radius 1 is 1.15 bits per heavy atom. The highest BCUT2D eigenvalue weighted by Gasteiger charge is 2.32. The van der Waals surface area contributed by atoms with Gasteiger partial charge >= 0.3 is 0 Å². The molecule has 0 aromatic heterocycles. The Kier molecular flexibility index (Phi) is 5.94. The highest BCUT2D eigenvalue weighted by Crippen LogP contribution is 2.33. The van der Waals surface area contributed by atoms with Crippen molar-refractivity contribution in [2.24, 2.45) is 5.92 Å². The average Bonchev–Trinajstić information content (AvgIpc) is 2.66. The van der Waals surface area contributed by atoms with Crippen LogP contribution in [0.5, 0.6) is 0 Å². The Morgan fingerprint density at radius 3 is 2.52 bits per heavy atom. The second-order valence-corrected chi connectivity index (χ2v) is 7.61. The summed E-state index contributed by atoms with van der Waals surface area (Å²) in [5, 5.41) is 6.05. The number of fused-ring (bicyclic) bond motifs is 1. The fraction of sp³-hybridized carbons (Fsp3) is 0.391. The number of amides is 2. The molecular formula is C23H28N2O2. The second-order valence-electron chi connectivity index (χ2n) is 7.61. The highest BCUT2D eigenvalue weighted by atomic mass is 16.2. The number of para-hydroxylation sites is 1. The summed E-state index contributed by atoms with van der Waals surface area (Å²) in [6, 6.07) is 16.0. The Labute approximate surface area is 161 Å². The lowest BCUT2D eigenvalue weighted by Crippen LogP contribution is -2.38. The fourth-order valence-electron chi connectivity index (χ4n) is 3.71. The fourth-order valence-corrected chi connectivity index (χ4v) is 3.71. The van der Waals surface area contributed by atoms with Gasteiger partial charge in [0.1, 0.15) is 0 Å². The SMILES string of the molecule is CCCc1ccc(C(NC(=O)C2CC(=O)Nc3ccccc32)C(C)C)cc1. The molecule has 3 rings (SSSR count). The molecule has 2 unspecified atom stereocenters. The third kappa shape index (κ3) is 4.38. The molecule has 0 radical (unpaired) electrons. The molecule has 142 valence electrons. The minimum atomic E-state index is -0.449. The Hall–Kier alpha value is -2.62. The quantitative estimate of drug-likeness (QED) is 0.788. The van der Waals surface area contributed by atoms with Crippen LogP contribution in [0.2, 0.25) is 0 Å². The molecule has 0 bridgehead atoms. The first-order valence-electron chi connectivity index (χ1n) is 9.77. The molecule has 0 saturated carbocycles. The van der Waals surface area contributed by atoms with Gasteiger partial charge in [0.05, 0.1) is 12.0 Å². The lowest BCUT2D eigenvalue weighted by Gasteiger charge is -2.29. The van der Waals surface area contributed by atoms with Crippen molar-refractivity contribution in [2.75, 3.05) is 5.32 Å². The van der Waals surface area contributed by atoms with Gasteiger partial charge in [0.25, 0.3) is 0 Å². The number of anilines is 1. The molecule has 2 aromatic rings. The van der Waals surface area contributed by atoms with Crippen molar-refractivity contribution in [3.63, 3.8) is 0 Å². The van der Waals surface area contributed by atoms with Crippen LogP contribution < -0.4 is 10.6 Å². The van der Waals surface area contributed by atoms with Crippen molar-refractivity contribution in [2.45, 2.75) is 52.0 Å². The summed E-state index contributed by atoms with van der Waals surface area (Å²) < 4.78 is 0. The van der Waals surface area contributed by atoms with Crippen molar-refractivity contribution in [1.82, 2.24) is 5.32 Å². The molecule has 2 N–H and O–H groups in total. The van der Waals surface area contributed by atoms with Crippen molar-refractivity contribution < 1.29 is 9.59 Å². The van der Waals surface area contributed by atoms with E-state index >= 15 is 0 Å². The minimum Gasteiger partial charge on any atom is -0.348 e. The van der Waals surface area contributed by atoms with Crippen LogP contribution in [0.1, 0.15) is 62.3 Å². The van der Waals surface area contributed by atoms with E-state index in [2.05, 4.69) is 55.7 Å². The first-order valence-corrected chi connectivity index (χ1v) is 9.77. The maximum atomic E-state index is 13.1. The highest BCUT2D eigenvalue weighted by molar-refractivity contribution is 6.01. The zero-order valence-electron chi connectivity index (χ0n) is 16.3. The number of benzene rings is 2. The molecular weight excluding hydrogens is 336 g/mol. The molecule has 0 spiro atoms. The second kappa shape index (κ2) is 8.38. The number of aryl methyl sites for hydroxylation is 1. The maximum absolute atomic E-state index is 13.1. The van der Waals surface area contributed by atoms with Gasteiger partial charge in [0, 0.05) is 12.1 Å². The molecule has 2 atom stereocenters. The van der Waals surface area contributed by atoms with Gasteiger partial charge in [0.15, 0.2) is 0 Å². The third-order valence-corrected chi connectivity index (χ3v) is 5.16. The number of carbonyl (C=O) groups excluding carboxylic acids is 2. The predicted octanol–water partition coefficient (Wildman–Crippen LogP) is 4.58. The number of hydrogen-bond acceptors (Lipinski definition) is 2. The van der Waals surface area contributed by atoms with Gasteiger partial charge in [-0.15, -0.1) is 0 Å². The number of carbonyl (C=O) groups is 2. The average molecular weight is 364 g/mol. The topological polar surface area (TPSA) is 58.2 Å². The normalized spacial score (nSPS) is 17.2. The number of nitrogens with one attached hydrogen (secondary N) is 2. The molecule has 27 heavy (non-hydrogen) atoms. The summed E-state index contributed by atoms with van der Waals surface area (Å²) in [5.74, 6) is -0.401. The minimum absolute atomic E-state index is 0.0784. The van der Waals surface area contributed by atoms with Gasteiger partial charge in [-0.1, -0.05) is 69.7 Å². The van der Waals surface area contributed by atoms with Gasteiger partial charge in [-0.2, -0.15) is 0 Å². The molecule has 2 aromatic carbocycles. The Balaban J connectivity index is 1.81. The van der Waals surface area contributed by atoms with Crippen LogP contribution in [0.15, 0.2) is 48.5 Å². The van der Waals surface area contributed by atoms with Gasteiger partial charge in [-0.3, -0.25) is 9.59 Å². The first kappa shape index (κ1) is 19.2. The number of rotatable bonds is 6. The van der Waals surface area contributed by atoms with Crippen LogP contribution >= 0.6 is 0 Å². The van der Waals surface area contributed by atoms with Crippen LogP contribution in [0.3, 0.4) is 0 Å². The molecule has 4 nitrogen and oxygen atoms in total. The van der Waals surface area contributed by atoms with Crippen molar-refractivity contribution in [3.05, 3.63) is 65.2 Å². The van der Waals surface area contributed by atoms with Crippen LogP contribution in [0.4, 0.5) is 5.69 Å². The van der Waals surface area contributed by atoms with Crippen LogP contribution in [-0.2, 0) is 16.0 Å². The predicted molar refractivity (Wildman–Crippen MR) is 109 cm³/mol. The lowest BCUT2D eigenvalue weighted by atomic mass is 9.88. The van der Waals surface area contributed by atoms with Gasteiger partial charge in [-0.25, -0.2) is 0 Å². The molecule has 0 saturated heterocycles. The monoisotopic (exact) mass is 364 g/mol. The van der Waals surface area contributed by atoms with Crippen molar-refractivity contribution >= 4 is 17.5 Å². The standard InChI is InChI=1S/C23H28N2O2/c1-4-7-16-10-12-17(13-11-16)22(15(2)3)25-23(27)19-14-21(26)24-20-9-6-5-8-18(19)20/h5-6,8-13,15,19,22H,4,7,14H2,1-3H3,(H,24,26)(H,25,27). The summed E-state index contributed by atoms with van der Waals surface area (Å²) in [7, 11) is 0. The van der Waals surface area contributed by atoms with E-state index in [-0.39, 0.29) is 30.2 Å². The zero-order chi connectivity index (χ0) is 19.4. The molecule has 1 aliphatic heterocycles. The van der Waals surface area contributed by atoms with Crippen molar-refractivity contribution in [3.8, 4) is 0 Å². The van der Waals surface area contributed by atoms with E-state index in [0.717, 1.165) is 29.7 Å². The molecule has 2 amide bonds. The molecule has 1 heterocycles. The summed E-state index contributed by atoms with van der Waals surface area (Å²) in [6.45, 7) is 6.38. The van der Waals surface area contributed by atoms with Crippen LogP contribution in [0, 0.1) is 5.92 Å². The van der Waals surface area contributed by atoms with Crippen LogP contribution in [-0.4, -0.2) is 11.8 Å². The summed E-state index contributed by atoms with van der Waals surface area (Å²) >= 11 is 0. The third-order valence-electron chi connectivity index (χ3n) is 5.16. The summed E-state index contributed by atoms with van der Waals surface area (Å²) in [6.07, 6.45) is 2.36. The Morgan fingerprint density at radius 2 is 1.85 bits per heavy atom. The zero-order valence-corrected chi connectivity index (χ0v) is 16.3. The molecule has 1 aliphatic rings. The van der Waals surface area contributed by atoms with E-state index in [9.17, 15) is 9.59 Å². The van der Waals surface area contributed by atoms with E-state index in [1.54, 1.807) is 0 Å². The smallest absolute Gasteiger partial charge is 0.228 e. The lowest BCUT2D eigenvalue weighted by molar-refractivity contribution is -0.127. The Bertz CT molecular complexity index is 811. The summed E-state index contributed by atoms with van der Waals surface area (Å²) in [4.78, 5) is 25.1. The van der Waals surface area contributed by atoms with Gasteiger partial charge < -0.3 is 10.6 Å². The molecule has 0 fully saturated rings. The van der Waals surface area contributed by atoms with Gasteiger partial charge in [-0.05, 0) is 35.1 Å².